The Morgan fingerprint density at radius 2 is 1.78 bits per heavy atom. The van der Waals surface area contributed by atoms with E-state index >= 15 is 0 Å². The number of benzene rings is 1. The Morgan fingerprint density at radius 1 is 1.11 bits per heavy atom. The van der Waals surface area contributed by atoms with Crippen molar-refractivity contribution in [1.29, 1.82) is 0 Å². The van der Waals surface area contributed by atoms with Crippen LogP contribution in [0.25, 0.3) is 11.0 Å². The van der Waals surface area contributed by atoms with Gasteiger partial charge in [0.15, 0.2) is 11.0 Å². The average molecular weight is 248 g/mol. The lowest BCUT2D eigenvalue weighted by Gasteiger charge is -2.04. The molecule has 0 saturated heterocycles. The third kappa shape index (κ3) is 1.84. The summed E-state index contributed by atoms with van der Waals surface area (Å²) in [7, 11) is 0. The van der Waals surface area contributed by atoms with Crippen LogP contribution in [0, 0.1) is 6.92 Å². The molecule has 0 radical (unpaired) electrons. The molecule has 0 amide bonds. The highest BCUT2D eigenvalue weighted by Crippen LogP contribution is 2.20. The highest BCUT2D eigenvalue weighted by atomic mass is 16.4. The van der Waals surface area contributed by atoms with Gasteiger partial charge in [-0.2, -0.15) is 0 Å². The van der Waals surface area contributed by atoms with Crippen molar-refractivity contribution in [2.75, 3.05) is 0 Å². The minimum atomic E-state index is -1.43. The zero-order valence-electron chi connectivity index (χ0n) is 9.26. The molecule has 18 heavy (non-hydrogen) atoms. The molecule has 92 valence electrons. The Balaban J connectivity index is 2.97. The van der Waals surface area contributed by atoms with Crippen molar-refractivity contribution < 1.29 is 24.2 Å². The molecule has 1 aromatic carbocycles. The molecule has 0 atom stereocenters. The fourth-order valence-electron chi connectivity index (χ4n) is 1.67. The smallest absolute Gasteiger partial charge is 0.371 e. The standard InChI is InChI=1S/C12H8O6/c1-5-2-6-8(13)4-9(12(16)17)18-10(6)7(3-5)11(14)15/h2-4H,1H3,(H,14,15)(H,16,17). The van der Waals surface area contributed by atoms with E-state index in [1.807, 2.05) is 0 Å². The predicted molar refractivity (Wildman–Crippen MR) is 61.1 cm³/mol. The minimum absolute atomic E-state index is 0.0531. The van der Waals surface area contributed by atoms with E-state index in [-0.39, 0.29) is 16.5 Å². The highest BCUT2D eigenvalue weighted by Gasteiger charge is 2.17. The van der Waals surface area contributed by atoms with Gasteiger partial charge in [0.1, 0.15) is 5.56 Å². The van der Waals surface area contributed by atoms with Gasteiger partial charge in [-0.3, -0.25) is 4.79 Å². The first-order valence-electron chi connectivity index (χ1n) is 4.95. The molecule has 0 saturated carbocycles. The van der Waals surface area contributed by atoms with Gasteiger partial charge in [0.05, 0.1) is 5.39 Å². The second kappa shape index (κ2) is 3.99. The summed E-state index contributed by atoms with van der Waals surface area (Å²) in [5.41, 5.74) is -0.460. The molecule has 2 N–H and O–H groups in total. The summed E-state index contributed by atoms with van der Waals surface area (Å²) in [5, 5.41) is 17.8. The number of aromatic carboxylic acids is 2. The molecule has 1 aromatic heterocycles. The van der Waals surface area contributed by atoms with E-state index in [0.717, 1.165) is 6.07 Å². The second-order valence-corrected chi connectivity index (χ2v) is 3.77. The van der Waals surface area contributed by atoms with Crippen molar-refractivity contribution in [2.45, 2.75) is 6.92 Å². The SMILES string of the molecule is Cc1cc(C(=O)O)c2oc(C(=O)O)cc(=O)c2c1. The van der Waals surface area contributed by atoms with Crippen LogP contribution in [-0.4, -0.2) is 22.2 Å². The van der Waals surface area contributed by atoms with Gasteiger partial charge in [-0.25, -0.2) is 9.59 Å². The third-order valence-electron chi connectivity index (χ3n) is 2.41. The lowest BCUT2D eigenvalue weighted by molar-refractivity contribution is 0.0654. The maximum absolute atomic E-state index is 11.7. The Hall–Kier alpha value is -2.63. The van der Waals surface area contributed by atoms with E-state index in [1.165, 1.54) is 12.1 Å². The van der Waals surface area contributed by atoms with Gasteiger partial charge in [0.2, 0.25) is 5.76 Å². The molecule has 6 nitrogen and oxygen atoms in total. The van der Waals surface area contributed by atoms with Gasteiger partial charge in [0, 0.05) is 6.07 Å². The largest absolute Gasteiger partial charge is 0.478 e. The number of rotatable bonds is 2. The summed E-state index contributed by atoms with van der Waals surface area (Å²) >= 11 is 0. The monoisotopic (exact) mass is 248 g/mol. The zero-order chi connectivity index (χ0) is 13.4. The van der Waals surface area contributed by atoms with Crippen molar-refractivity contribution in [3.63, 3.8) is 0 Å². The first-order valence-corrected chi connectivity index (χ1v) is 4.95. The Morgan fingerprint density at radius 3 is 2.33 bits per heavy atom. The topological polar surface area (TPSA) is 105 Å². The number of carboxylic acid groups (broad SMARTS) is 2. The van der Waals surface area contributed by atoms with Crippen molar-refractivity contribution in [2.24, 2.45) is 0 Å². The Bertz CT molecular complexity index is 725. The number of aryl methyl sites for hydroxylation is 1. The van der Waals surface area contributed by atoms with Crippen LogP contribution in [0.3, 0.4) is 0 Å². The number of hydrogen-bond donors (Lipinski definition) is 2. The normalized spacial score (nSPS) is 10.5. The Kier molecular flexibility index (Phi) is 2.63. The van der Waals surface area contributed by atoms with Crippen molar-refractivity contribution in [3.05, 3.63) is 45.3 Å². The quantitative estimate of drug-likeness (QED) is 0.834. The highest BCUT2D eigenvalue weighted by molar-refractivity contribution is 6.01. The maximum Gasteiger partial charge on any atom is 0.371 e. The molecule has 0 aliphatic heterocycles. The van der Waals surface area contributed by atoms with Crippen LogP contribution in [-0.2, 0) is 0 Å². The summed E-state index contributed by atoms with van der Waals surface area (Å²) in [6, 6.07) is 3.61. The van der Waals surface area contributed by atoms with Gasteiger partial charge in [-0.1, -0.05) is 0 Å². The fourth-order valence-corrected chi connectivity index (χ4v) is 1.67. The lowest BCUT2D eigenvalue weighted by atomic mass is 10.1. The fraction of sp³-hybridized carbons (Fsp3) is 0.0833. The van der Waals surface area contributed by atoms with Crippen LogP contribution in [0.2, 0.25) is 0 Å². The molecule has 2 aromatic rings. The molecule has 0 unspecified atom stereocenters. The van der Waals surface area contributed by atoms with Crippen LogP contribution < -0.4 is 5.43 Å². The third-order valence-corrected chi connectivity index (χ3v) is 2.41. The predicted octanol–water partition coefficient (Wildman–Crippen LogP) is 1.50. The van der Waals surface area contributed by atoms with E-state index in [9.17, 15) is 14.4 Å². The van der Waals surface area contributed by atoms with E-state index in [2.05, 4.69) is 0 Å². The lowest BCUT2D eigenvalue weighted by Crippen LogP contribution is -2.09. The first-order chi connectivity index (χ1) is 8.40. The van der Waals surface area contributed by atoms with Crippen LogP contribution >= 0.6 is 0 Å². The van der Waals surface area contributed by atoms with Crippen molar-refractivity contribution in [3.8, 4) is 0 Å². The number of hydrogen-bond acceptors (Lipinski definition) is 4. The number of carbonyl (C=O) groups is 2. The van der Waals surface area contributed by atoms with Crippen LogP contribution in [0.1, 0.15) is 26.5 Å². The van der Waals surface area contributed by atoms with Crippen LogP contribution in [0.5, 0.6) is 0 Å². The Labute approximate surface area is 100 Å². The van der Waals surface area contributed by atoms with Gasteiger partial charge in [-0.05, 0) is 24.6 Å². The van der Waals surface area contributed by atoms with Gasteiger partial charge < -0.3 is 14.6 Å². The molecule has 1 heterocycles. The number of fused-ring (bicyclic) bond motifs is 1. The summed E-state index contributed by atoms with van der Waals surface area (Å²) in [4.78, 5) is 33.5. The van der Waals surface area contributed by atoms with Crippen molar-refractivity contribution >= 4 is 22.9 Å². The van der Waals surface area contributed by atoms with Gasteiger partial charge in [-0.15, -0.1) is 0 Å². The molecule has 0 bridgehead atoms. The molecule has 0 fully saturated rings. The minimum Gasteiger partial charge on any atom is -0.478 e. The molecule has 6 heteroatoms. The molecule has 0 aliphatic carbocycles. The zero-order valence-corrected chi connectivity index (χ0v) is 9.26. The summed E-state index contributed by atoms with van der Waals surface area (Å²) in [6.45, 7) is 1.64. The van der Waals surface area contributed by atoms with E-state index < -0.39 is 23.1 Å². The van der Waals surface area contributed by atoms with Crippen LogP contribution in [0.15, 0.2) is 27.4 Å². The molecular formula is C12H8O6. The van der Waals surface area contributed by atoms with Crippen molar-refractivity contribution in [1.82, 2.24) is 0 Å². The van der Waals surface area contributed by atoms with E-state index in [1.54, 1.807) is 6.92 Å². The molecule has 0 spiro atoms. The van der Waals surface area contributed by atoms with Gasteiger partial charge >= 0.3 is 11.9 Å². The van der Waals surface area contributed by atoms with Gasteiger partial charge in [0.25, 0.3) is 0 Å². The van der Waals surface area contributed by atoms with Crippen LogP contribution in [0.4, 0.5) is 0 Å². The molecule has 0 aliphatic rings. The first kappa shape index (κ1) is 11.8. The summed E-state index contributed by atoms with van der Waals surface area (Å²) in [5.74, 6) is -3.29. The maximum atomic E-state index is 11.7. The number of carboxylic acids is 2. The summed E-state index contributed by atoms with van der Waals surface area (Å²) < 4.78 is 4.97. The molecular weight excluding hydrogens is 240 g/mol. The average Bonchev–Trinajstić information content (AvgIpc) is 2.28. The molecule has 2 rings (SSSR count). The van der Waals surface area contributed by atoms with E-state index in [4.69, 9.17) is 14.6 Å². The van der Waals surface area contributed by atoms with E-state index in [0.29, 0.717) is 5.56 Å². The second-order valence-electron chi connectivity index (χ2n) is 3.77. The summed E-state index contributed by atoms with van der Waals surface area (Å²) in [6.07, 6.45) is 0.